The van der Waals surface area contributed by atoms with Crippen LogP contribution in [0, 0.1) is 0 Å². The smallest absolute Gasteiger partial charge is 0.354 e. The van der Waals surface area contributed by atoms with Crippen molar-refractivity contribution in [1.29, 1.82) is 0 Å². The molecule has 0 aliphatic rings. The zero-order valence-corrected chi connectivity index (χ0v) is 11.2. The third-order valence-electron chi connectivity index (χ3n) is 2.97. The summed E-state index contributed by atoms with van der Waals surface area (Å²) < 4.78 is 0. The highest BCUT2D eigenvalue weighted by Gasteiger charge is 2.18. The van der Waals surface area contributed by atoms with E-state index in [1.54, 1.807) is 24.3 Å². The molecule has 1 aromatic heterocycles. The number of fused-ring (bicyclic) bond motifs is 1. The molecule has 0 spiro atoms. The fraction of sp³-hybridized carbons (Fsp3) is 0.286. The summed E-state index contributed by atoms with van der Waals surface area (Å²) in [6.07, 6.45) is 1.86. The highest BCUT2D eigenvalue weighted by molar-refractivity contribution is 6.10. The second kappa shape index (κ2) is 6.10. The van der Waals surface area contributed by atoms with Crippen LogP contribution in [0.2, 0.25) is 0 Å². The molecule has 0 fully saturated rings. The van der Waals surface area contributed by atoms with Gasteiger partial charge in [-0.05, 0) is 12.5 Å². The van der Waals surface area contributed by atoms with E-state index in [0.29, 0.717) is 23.1 Å². The van der Waals surface area contributed by atoms with Crippen LogP contribution in [0.1, 0.15) is 30.3 Å². The third kappa shape index (κ3) is 2.90. The number of hydrogen-bond acceptors (Lipinski definition) is 2. The van der Waals surface area contributed by atoms with Gasteiger partial charge < -0.3 is 20.7 Å². The maximum absolute atomic E-state index is 11.8. The minimum absolute atomic E-state index is 0.0168. The predicted molar refractivity (Wildman–Crippen MR) is 77.2 cm³/mol. The van der Waals surface area contributed by atoms with Gasteiger partial charge in [-0.1, -0.05) is 31.5 Å². The molecule has 106 valence electrons. The average Bonchev–Trinajstić information content (AvgIpc) is 2.78. The molecule has 1 heterocycles. The monoisotopic (exact) mass is 275 g/mol. The summed E-state index contributed by atoms with van der Waals surface area (Å²) >= 11 is 0. The first-order valence-corrected chi connectivity index (χ1v) is 6.52. The number of H-pyrrole nitrogens is 1. The van der Waals surface area contributed by atoms with Gasteiger partial charge in [0.25, 0.3) is 0 Å². The van der Waals surface area contributed by atoms with E-state index in [1.807, 2.05) is 6.92 Å². The lowest BCUT2D eigenvalue weighted by atomic mass is 10.2. The van der Waals surface area contributed by atoms with Gasteiger partial charge in [0.15, 0.2) is 0 Å². The lowest BCUT2D eigenvalue weighted by Gasteiger charge is -2.07. The summed E-state index contributed by atoms with van der Waals surface area (Å²) in [5, 5.41) is 15.2. The Morgan fingerprint density at radius 3 is 2.75 bits per heavy atom. The topological polar surface area (TPSA) is 94.2 Å². The molecule has 0 aliphatic carbocycles. The van der Waals surface area contributed by atoms with Crippen LogP contribution >= 0.6 is 0 Å². The number of carbonyl (C=O) groups excluding carboxylic acids is 1. The molecule has 2 amide bonds. The number of anilines is 1. The van der Waals surface area contributed by atoms with E-state index in [-0.39, 0.29) is 5.69 Å². The molecule has 0 saturated heterocycles. The van der Waals surface area contributed by atoms with E-state index >= 15 is 0 Å². The maximum Gasteiger partial charge on any atom is 0.354 e. The summed E-state index contributed by atoms with van der Waals surface area (Å²) in [7, 11) is 0. The van der Waals surface area contributed by atoms with Crippen LogP contribution < -0.4 is 10.6 Å². The van der Waals surface area contributed by atoms with Crippen molar-refractivity contribution in [2.24, 2.45) is 0 Å². The fourth-order valence-corrected chi connectivity index (χ4v) is 1.97. The van der Waals surface area contributed by atoms with Crippen molar-refractivity contribution >= 4 is 28.6 Å². The second-order valence-corrected chi connectivity index (χ2v) is 4.46. The van der Waals surface area contributed by atoms with Crippen LogP contribution in [-0.2, 0) is 0 Å². The molecule has 4 N–H and O–H groups in total. The van der Waals surface area contributed by atoms with Gasteiger partial charge in [0, 0.05) is 17.4 Å². The number of aromatic nitrogens is 1. The first-order valence-electron chi connectivity index (χ1n) is 6.52. The number of para-hydroxylation sites is 1. The maximum atomic E-state index is 11.8. The van der Waals surface area contributed by atoms with E-state index in [1.165, 1.54) is 0 Å². The van der Waals surface area contributed by atoms with Crippen molar-refractivity contribution in [2.45, 2.75) is 19.8 Å². The summed E-state index contributed by atoms with van der Waals surface area (Å²) in [6.45, 7) is 2.59. The summed E-state index contributed by atoms with van der Waals surface area (Å²) in [4.78, 5) is 25.8. The number of rotatable bonds is 5. The first kappa shape index (κ1) is 13.9. The Morgan fingerprint density at radius 2 is 2.05 bits per heavy atom. The molecule has 0 atom stereocenters. The van der Waals surface area contributed by atoms with Gasteiger partial charge in [-0.2, -0.15) is 0 Å². The highest BCUT2D eigenvalue weighted by atomic mass is 16.4. The quantitative estimate of drug-likeness (QED) is 0.632. The van der Waals surface area contributed by atoms with Gasteiger partial charge in [0.05, 0.1) is 5.69 Å². The number of unbranched alkanes of at least 4 members (excludes halogenated alkanes) is 1. The molecule has 0 radical (unpaired) electrons. The van der Waals surface area contributed by atoms with E-state index in [0.717, 1.165) is 12.8 Å². The van der Waals surface area contributed by atoms with Crippen molar-refractivity contribution < 1.29 is 14.7 Å². The molecular formula is C14H17N3O3. The Labute approximate surface area is 116 Å². The molecule has 0 unspecified atom stereocenters. The molecule has 0 bridgehead atoms. The Balaban J connectivity index is 2.25. The SMILES string of the molecule is CCCCNC(=O)Nc1c(C(=O)O)[nH]c2ccccc12. The number of amides is 2. The number of hydrogen-bond donors (Lipinski definition) is 4. The second-order valence-electron chi connectivity index (χ2n) is 4.46. The van der Waals surface area contributed by atoms with Crippen LogP contribution in [0.4, 0.5) is 10.5 Å². The minimum Gasteiger partial charge on any atom is -0.477 e. The van der Waals surface area contributed by atoms with Crippen molar-refractivity contribution in [2.75, 3.05) is 11.9 Å². The Bertz CT molecular complexity index is 634. The van der Waals surface area contributed by atoms with Crippen LogP contribution in [0.3, 0.4) is 0 Å². The predicted octanol–water partition coefficient (Wildman–Crippen LogP) is 2.79. The van der Waals surface area contributed by atoms with Gasteiger partial charge in [-0.15, -0.1) is 0 Å². The fourth-order valence-electron chi connectivity index (χ4n) is 1.97. The van der Waals surface area contributed by atoms with Gasteiger partial charge in [-0.25, -0.2) is 9.59 Å². The lowest BCUT2D eigenvalue weighted by molar-refractivity contribution is 0.0692. The normalized spacial score (nSPS) is 10.4. The molecule has 1 aromatic carbocycles. The van der Waals surface area contributed by atoms with Crippen LogP contribution in [-0.4, -0.2) is 28.6 Å². The van der Waals surface area contributed by atoms with Gasteiger partial charge >= 0.3 is 12.0 Å². The van der Waals surface area contributed by atoms with Crippen LogP contribution in [0.25, 0.3) is 10.9 Å². The molecule has 6 nitrogen and oxygen atoms in total. The number of carboxylic acids is 1. The van der Waals surface area contributed by atoms with E-state index in [4.69, 9.17) is 0 Å². The molecule has 0 aliphatic heterocycles. The van der Waals surface area contributed by atoms with Gasteiger partial charge in [0.2, 0.25) is 0 Å². The number of nitrogens with one attached hydrogen (secondary N) is 3. The number of aromatic amines is 1. The van der Waals surface area contributed by atoms with E-state index in [2.05, 4.69) is 15.6 Å². The minimum atomic E-state index is -1.11. The zero-order chi connectivity index (χ0) is 14.5. The van der Waals surface area contributed by atoms with E-state index < -0.39 is 12.0 Å². The lowest BCUT2D eigenvalue weighted by Crippen LogP contribution is -2.30. The summed E-state index contributed by atoms with van der Waals surface area (Å²) in [6, 6.07) is 6.73. The van der Waals surface area contributed by atoms with Crippen molar-refractivity contribution in [3.8, 4) is 0 Å². The van der Waals surface area contributed by atoms with Crippen LogP contribution in [0.15, 0.2) is 24.3 Å². The number of urea groups is 1. The largest absolute Gasteiger partial charge is 0.477 e. The van der Waals surface area contributed by atoms with Gasteiger partial charge in [-0.3, -0.25) is 0 Å². The molecule has 2 aromatic rings. The van der Waals surface area contributed by atoms with Crippen molar-refractivity contribution in [3.05, 3.63) is 30.0 Å². The Morgan fingerprint density at radius 1 is 1.30 bits per heavy atom. The average molecular weight is 275 g/mol. The molecule has 20 heavy (non-hydrogen) atoms. The number of aromatic carboxylic acids is 1. The molecular weight excluding hydrogens is 258 g/mol. The Hall–Kier alpha value is -2.50. The summed E-state index contributed by atoms with van der Waals surface area (Å²) in [5.74, 6) is -1.11. The summed E-state index contributed by atoms with van der Waals surface area (Å²) in [5.41, 5.74) is 0.952. The number of benzene rings is 1. The zero-order valence-electron chi connectivity index (χ0n) is 11.2. The molecule has 2 rings (SSSR count). The molecule has 6 heteroatoms. The van der Waals surface area contributed by atoms with E-state index in [9.17, 15) is 14.7 Å². The number of carboxylic acid groups (broad SMARTS) is 1. The number of carbonyl (C=O) groups is 2. The van der Waals surface area contributed by atoms with Crippen molar-refractivity contribution in [1.82, 2.24) is 10.3 Å². The Kier molecular flexibility index (Phi) is 4.24. The third-order valence-corrected chi connectivity index (χ3v) is 2.97. The highest BCUT2D eigenvalue weighted by Crippen LogP contribution is 2.27. The van der Waals surface area contributed by atoms with Crippen LogP contribution in [0.5, 0.6) is 0 Å². The standard InChI is InChI=1S/C14H17N3O3/c1-2-3-8-15-14(20)17-11-9-6-4-5-7-10(9)16-12(11)13(18)19/h4-7,16H,2-3,8H2,1H3,(H,18,19)(H2,15,17,20). The van der Waals surface area contributed by atoms with Gasteiger partial charge in [0.1, 0.15) is 5.69 Å². The first-order chi connectivity index (χ1) is 9.63. The van der Waals surface area contributed by atoms with Crippen molar-refractivity contribution in [3.63, 3.8) is 0 Å². The molecule has 0 saturated carbocycles.